The summed E-state index contributed by atoms with van der Waals surface area (Å²) < 4.78 is 15.2. The van der Waals surface area contributed by atoms with Crippen molar-refractivity contribution >= 4 is 10.9 Å². The fourth-order valence-electron chi connectivity index (χ4n) is 2.27. The Hall–Kier alpha value is -2.49. The number of benzene rings is 1. The fraction of sp³-hybridized carbons (Fsp3) is 0.125. The van der Waals surface area contributed by atoms with Crippen molar-refractivity contribution in [2.45, 2.75) is 13.5 Å². The first-order valence-electron chi connectivity index (χ1n) is 6.34. The van der Waals surface area contributed by atoms with Crippen molar-refractivity contribution in [1.82, 2.24) is 9.55 Å². The van der Waals surface area contributed by atoms with Crippen LogP contribution >= 0.6 is 0 Å². The first-order chi connectivity index (χ1) is 9.63. The van der Waals surface area contributed by atoms with Crippen LogP contribution in [0.3, 0.4) is 0 Å². The molecule has 3 nitrogen and oxygen atoms in total. The molecule has 20 heavy (non-hydrogen) atoms. The van der Waals surface area contributed by atoms with E-state index < -0.39 is 0 Å². The normalized spacial score (nSPS) is 10.9. The average molecular weight is 268 g/mol. The molecule has 0 atom stereocenters. The summed E-state index contributed by atoms with van der Waals surface area (Å²) in [5, 5.41) is 0.739. The second-order valence-electron chi connectivity index (χ2n) is 4.81. The zero-order chi connectivity index (χ0) is 14.1. The van der Waals surface area contributed by atoms with Gasteiger partial charge in [-0.05, 0) is 36.8 Å². The van der Waals surface area contributed by atoms with Crippen LogP contribution < -0.4 is 5.56 Å². The van der Waals surface area contributed by atoms with Gasteiger partial charge in [-0.15, -0.1) is 0 Å². The minimum Gasteiger partial charge on any atom is -0.311 e. The van der Waals surface area contributed by atoms with Gasteiger partial charge in [0.25, 0.3) is 5.56 Å². The zero-order valence-corrected chi connectivity index (χ0v) is 11.0. The maximum atomic E-state index is 13.6. The van der Waals surface area contributed by atoms with Gasteiger partial charge in [-0.1, -0.05) is 6.07 Å². The van der Waals surface area contributed by atoms with E-state index >= 15 is 0 Å². The second-order valence-corrected chi connectivity index (χ2v) is 4.81. The Labute approximate surface area is 115 Å². The van der Waals surface area contributed by atoms with Gasteiger partial charge in [0, 0.05) is 29.4 Å². The molecular formula is C16H13FN2O. The van der Waals surface area contributed by atoms with E-state index in [1.165, 1.54) is 12.1 Å². The highest BCUT2D eigenvalue weighted by Gasteiger charge is 2.07. The first kappa shape index (κ1) is 12.5. The number of halogens is 1. The number of fused-ring (bicyclic) bond motifs is 1. The Morgan fingerprint density at radius 1 is 1.25 bits per heavy atom. The molecule has 3 aromatic rings. The summed E-state index contributed by atoms with van der Waals surface area (Å²) in [6.07, 6.45) is 3.39. The molecule has 2 heterocycles. The molecule has 0 fully saturated rings. The van der Waals surface area contributed by atoms with Gasteiger partial charge in [0.2, 0.25) is 0 Å². The third kappa shape index (κ3) is 2.32. The number of aryl methyl sites for hydroxylation is 1. The average Bonchev–Trinajstić information content (AvgIpc) is 2.41. The van der Waals surface area contributed by atoms with Crippen molar-refractivity contribution < 1.29 is 4.39 Å². The molecule has 3 rings (SSSR count). The highest BCUT2D eigenvalue weighted by molar-refractivity contribution is 5.81. The number of rotatable bonds is 2. The summed E-state index contributed by atoms with van der Waals surface area (Å²) in [6, 6.07) is 9.88. The quantitative estimate of drug-likeness (QED) is 0.716. The Kier molecular flexibility index (Phi) is 3.06. The lowest BCUT2D eigenvalue weighted by molar-refractivity contribution is 0.625. The number of nitrogens with zero attached hydrogens (tertiary/aromatic N) is 2. The highest BCUT2D eigenvalue weighted by atomic mass is 19.1. The van der Waals surface area contributed by atoms with Gasteiger partial charge in [0.05, 0.1) is 12.1 Å². The molecule has 0 saturated heterocycles. The topological polar surface area (TPSA) is 34.9 Å². The first-order valence-corrected chi connectivity index (χ1v) is 6.34. The minimum atomic E-state index is -0.319. The summed E-state index contributed by atoms with van der Waals surface area (Å²) in [5.41, 5.74) is 2.24. The predicted molar refractivity (Wildman–Crippen MR) is 76.2 cm³/mol. The largest absolute Gasteiger partial charge is 0.311 e. The fourth-order valence-corrected chi connectivity index (χ4v) is 2.27. The standard InChI is InChI=1S/C16H13FN2O/c1-11-4-6-19(15(20)7-11)10-13-9-14(17)8-12-3-2-5-18-16(12)13/h2-9H,10H2,1H3. The van der Waals surface area contributed by atoms with Crippen molar-refractivity contribution in [3.63, 3.8) is 0 Å². The zero-order valence-electron chi connectivity index (χ0n) is 11.0. The van der Waals surface area contributed by atoms with Crippen molar-refractivity contribution in [3.8, 4) is 0 Å². The van der Waals surface area contributed by atoms with Crippen LogP contribution in [-0.4, -0.2) is 9.55 Å². The molecule has 2 aromatic heterocycles. The molecule has 100 valence electrons. The molecule has 1 aromatic carbocycles. The van der Waals surface area contributed by atoms with E-state index in [1.54, 1.807) is 29.1 Å². The van der Waals surface area contributed by atoms with Gasteiger partial charge in [-0.25, -0.2) is 4.39 Å². The number of aromatic nitrogens is 2. The summed E-state index contributed by atoms with van der Waals surface area (Å²) in [4.78, 5) is 16.2. The van der Waals surface area contributed by atoms with E-state index in [4.69, 9.17) is 0 Å². The van der Waals surface area contributed by atoms with Crippen LogP contribution in [0.25, 0.3) is 10.9 Å². The number of hydrogen-bond acceptors (Lipinski definition) is 2. The second kappa shape index (κ2) is 4.89. The molecule has 0 radical (unpaired) electrons. The molecule has 0 spiro atoms. The van der Waals surface area contributed by atoms with E-state index in [1.807, 2.05) is 19.1 Å². The molecule has 0 saturated carbocycles. The van der Waals surface area contributed by atoms with E-state index in [9.17, 15) is 9.18 Å². The summed E-state index contributed by atoms with van der Waals surface area (Å²) in [6.45, 7) is 2.18. The minimum absolute atomic E-state index is 0.0988. The molecule has 4 heteroatoms. The van der Waals surface area contributed by atoms with Crippen LogP contribution in [0.5, 0.6) is 0 Å². The Bertz CT molecular complexity index is 839. The summed E-state index contributed by atoms with van der Waals surface area (Å²) in [5.74, 6) is -0.319. The predicted octanol–water partition coefficient (Wildman–Crippen LogP) is 2.89. The molecule has 0 unspecified atom stereocenters. The molecule has 0 bridgehead atoms. The van der Waals surface area contributed by atoms with Crippen molar-refractivity contribution in [1.29, 1.82) is 0 Å². The van der Waals surface area contributed by atoms with Crippen LogP contribution in [0.1, 0.15) is 11.1 Å². The van der Waals surface area contributed by atoms with Crippen LogP contribution in [0, 0.1) is 12.7 Å². The van der Waals surface area contributed by atoms with E-state index in [0.29, 0.717) is 12.1 Å². The van der Waals surface area contributed by atoms with Crippen LogP contribution in [-0.2, 0) is 6.54 Å². The van der Waals surface area contributed by atoms with Gasteiger partial charge in [0.15, 0.2) is 0 Å². The van der Waals surface area contributed by atoms with Gasteiger partial charge in [-0.3, -0.25) is 9.78 Å². The monoisotopic (exact) mass is 268 g/mol. The summed E-state index contributed by atoms with van der Waals surface area (Å²) in [7, 11) is 0. The molecule has 0 aliphatic heterocycles. The lowest BCUT2D eigenvalue weighted by Gasteiger charge is -2.09. The lowest BCUT2D eigenvalue weighted by atomic mass is 10.1. The van der Waals surface area contributed by atoms with Gasteiger partial charge >= 0.3 is 0 Å². The molecule has 0 aliphatic rings. The van der Waals surface area contributed by atoms with E-state index in [-0.39, 0.29) is 11.4 Å². The Morgan fingerprint density at radius 3 is 2.90 bits per heavy atom. The van der Waals surface area contributed by atoms with Crippen LogP contribution in [0.15, 0.2) is 53.6 Å². The molecule has 0 aliphatic carbocycles. The molecule has 0 amide bonds. The van der Waals surface area contributed by atoms with E-state index in [0.717, 1.165) is 16.5 Å². The SMILES string of the molecule is Cc1ccn(Cc2cc(F)cc3cccnc23)c(=O)c1. The number of hydrogen-bond donors (Lipinski definition) is 0. The third-order valence-corrected chi connectivity index (χ3v) is 3.24. The maximum absolute atomic E-state index is 13.6. The van der Waals surface area contributed by atoms with E-state index in [2.05, 4.69) is 4.98 Å². The number of pyridine rings is 2. The lowest BCUT2D eigenvalue weighted by Crippen LogP contribution is -2.19. The maximum Gasteiger partial charge on any atom is 0.251 e. The summed E-state index contributed by atoms with van der Waals surface area (Å²) >= 11 is 0. The highest BCUT2D eigenvalue weighted by Crippen LogP contribution is 2.19. The Balaban J connectivity index is 2.13. The van der Waals surface area contributed by atoms with Gasteiger partial charge < -0.3 is 4.57 Å². The van der Waals surface area contributed by atoms with Crippen molar-refractivity contribution in [3.05, 3.63) is 76.1 Å². The molecule has 0 N–H and O–H groups in total. The van der Waals surface area contributed by atoms with Crippen LogP contribution in [0.2, 0.25) is 0 Å². The van der Waals surface area contributed by atoms with Crippen LogP contribution in [0.4, 0.5) is 4.39 Å². The van der Waals surface area contributed by atoms with Gasteiger partial charge in [-0.2, -0.15) is 0 Å². The Morgan fingerprint density at radius 2 is 2.10 bits per heavy atom. The smallest absolute Gasteiger partial charge is 0.251 e. The van der Waals surface area contributed by atoms with Crippen molar-refractivity contribution in [2.24, 2.45) is 0 Å². The molecular weight excluding hydrogens is 255 g/mol. The third-order valence-electron chi connectivity index (χ3n) is 3.24. The van der Waals surface area contributed by atoms with Crippen molar-refractivity contribution in [2.75, 3.05) is 0 Å². The van der Waals surface area contributed by atoms with Gasteiger partial charge in [0.1, 0.15) is 5.82 Å².